The van der Waals surface area contributed by atoms with Gasteiger partial charge in [0.1, 0.15) is 16.0 Å². The molecule has 1 aromatic heterocycles. The molecule has 1 aliphatic rings. The van der Waals surface area contributed by atoms with Crippen LogP contribution in [-0.2, 0) is 0 Å². The second-order valence-corrected chi connectivity index (χ2v) is 5.31. The number of aryl methyl sites for hydroxylation is 1. The maximum atomic E-state index is 5.87. The van der Waals surface area contributed by atoms with Crippen LogP contribution in [0.2, 0.25) is 5.15 Å². The van der Waals surface area contributed by atoms with Crippen LogP contribution >= 0.6 is 23.4 Å². The minimum Gasteiger partial charge on any atom is -0.227 e. The summed E-state index contributed by atoms with van der Waals surface area (Å²) in [4.78, 5) is 8.41. The molecule has 14 heavy (non-hydrogen) atoms. The zero-order chi connectivity index (χ0) is 9.97. The largest absolute Gasteiger partial charge is 0.227 e. The standard InChI is InChI=1S/C10H13ClN2S/c1-7-12-9(11)6-10(13-7)14-8-4-2-3-5-8/h6,8H,2-5H2,1H3. The maximum Gasteiger partial charge on any atom is 0.133 e. The molecular weight excluding hydrogens is 216 g/mol. The van der Waals surface area contributed by atoms with Crippen molar-refractivity contribution >= 4 is 23.4 Å². The highest BCUT2D eigenvalue weighted by Crippen LogP contribution is 2.34. The lowest BCUT2D eigenvalue weighted by Gasteiger charge is -2.07. The molecule has 0 N–H and O–H groups in total. The van der Waals surface area contributed by atoms with E-state index in [0.717, 1.165) is 16.1 Å². The summed E-state index contributed by atoms with van der Waals surface area (Å²) in [5.41, 5.74) is 0. The fraction of sp³-hybridized carbons (Fsp3) is 0.600. The first-order chi connectivity index (χ1) is 6.74. The van der Waals surface area contributed by atoms with Gasteiger partial charge in [-0.2, -0.15) is 0 Å². The number of nitrogens with zero attached hydrogens (tertiary/aromatic N) is 2. The van der Waals surface area contributed by atoms with Crippen molar-refractivity contribution in [2.45, 2.75) is 42.9 Å². The Labute approximate surface area is 93.5 Å². The van der Waals surface area contributed by atoms with Crippen molar-refractivity contribution in [3.63, 3.8) is 0 Å². The molecule has 0 bridgehead atoms. The lowest BCUT2D eigenvalue weighted by Crippen LogP contribution is -1.97. The van der Waals surface area contributed by atoms with Crippen LogP contribution < -0.4 is 0 Å². The van der Waals surface area contributed by atoms with Gasteiger partial charge < -0.3 is 0 Å². The molecule has 1 saturated carbocycles. The van der Waals surface area contributed by atoms with E-state index < -0.39 is 0 Å². The van der Waals surface area contributed by atoms with Gasteiger partial charge >= 0.3 is 0 Å². The molecule has 76 valence electrons. The highest BCUT2D eigenvalue weighted by Gasteiger charge is 2.17. The summed E-state index contributed by atoms with van der Waals surface area (Å²) in [6.07, 6.45) is 5.33. The number of hydrogen-bond donors (Lipinski definition) is 0. The SMILES string of the molecule is Cc1nc(Cl)cc(SC2CCCC2)n1. The predicted octanol–water partition coefficient (Wildman–Crippen LogP) is 3.47. The van der Waals surface area contributed by atoms with Gasteiger partial charge in [-0.15, -0.1) is 11.8 Å². The Morgan fingerprint density at radius 2 is 2.07 bits per heavy atom. The van der Waals surface area contributed by atoms with Crippen molar-refractivity contribution < 1.29 is 0 Å². The summed E-state index contributed by atoms with van der Waals surface area (Å²) in [7, 11) is 0. The molecular formula is C10H13ClN2S. The van der Waals surface area contributed by atoms with Crippen molar-refractivity contribution in [2.24, 2.45) is 0 Å². The van der Waals surface area contributed by atoms with Gasteiger partial charge in [0.2, 0.25) is 0 Å². The Morgan fingerprint density at radius 1 is 1.36 bits per heavy atom. The molecule has 0 radical (unpaired) electrons. The summed E-state index contributed by atoms with van der Waals surface area (Å²) in [5, 5.41) is 2.31. The van der Waals surface area contributed by atoms with Gasteiger partial charge in [0, 0.05) is 11.3 Å². The first-order valence-corrected chi connectivity index (χ1v) is 6.17. The molecule has 1 fully saturated rings. The molecule has 2 nitrogen and oxygen atoms in total. The van der Waals surface area contributed by atoms with Crippen LogP contribution in [0.15, 0.2) is 11.1 Å². The van der Waals surface area contributed by atoms with E-state index in [1.54, 1.807) is 0 Å². The number of aromatic nitrogens is 2. The fourth-order valence-corrected chi connectivity index (χ4v) is 3.31. The number of thioether (sulfide) groups is 1. The van der Waals surface area contributed by atoms with Crippen LogP contribution in [0.1, 0.15) is 31.5 Å². The normalized spacial score (nSPS) is 17.6. The van der Waals surface area contributed by atoms with Crippen LogP contribution in [-0.4, -0.2) is 15.2 Å². The third kappa shape index (κ3) is 2.61. The van der Waals surface area contributed by atoms with Gasteiger partial charge in [-0.25, -0.2) is 9.97 Å². The first-order valence-electron chi connectivity index (χ1n) is 4.92. The van der Waals surface area contributed by atoms with E-state index in [1.807, 2.05) is 24.8 Å². The van der Waals surface area contributed by atoms with Crippen LogP contribution in [0.5, 0.6) is 0 Å². The highest BCUT2D eigenvalue weighted by atomic mass is 35.5. The molecule has 0 saturated heterocycles. The number of hydrogen-bond acceptors (Lipinski definition) is 3. The molecule has 0 unspecified atom stereocenters. The van der Waals surface area contributed by atoms with Gasteiger partial charge in [0.05, 0.1) is 0 Å². The van der Waals surface area contributed by atoms with Crippen LogP contribution in [0.25, 0.3) is 0 Å². The van der Waals surface area contributed by atoms with E-state index >= 15 is 0 Å². The van der Waals surface area contributed by atoms with Crippen molar-refractivity contribution in [3.05, 3.63) is 17.0 Å². The quantitative estimate of drug-likeness (QED) is 0.725. The fourth-order valence-electron chi connectivity index (χ4n) is 1.74. The Hall–Kier alpha value is -0.280. The van der Waals surface area contributed by atoms with Gasteiger partial charge in [-0.3, -0.25) is 0 Å². The molecule has 2 rings (SSSR count). The lowest BCUT2D eigenvalue weighted by atomic mass is 10.4. The third-order valence-corrected chi connectivity index (χ3v) is 3.82. The predicted molar refractivity (Wildman–Crippen MR) is 59.9 cm³/mol. The van der Waals surface area contributed by atoms with Crippen LogP contribution in [0, 0.1) is 6.92 Å². The number of rotatable bonds is 2. The highest BCUT2D eigenvalue weighted by molar-refractivity contribution is 7.99. The summed E-state index contributed by atoms with van der Waals surface area (Å²) in [6, 6.07) is 1.86. The Kier molecular flexibility index (Phi) is 3.29. The summed E-state index contributed by atoms with van der Waals surface area (Å²) in [5.74, 6) is 0.762. The Balaban J connectivity index is 2.07. The topological polar surface area (TPSA) is 25.8 Å². The smallest absolute Gasteiger partial charge is 0.133 e. The van der Waals surface area contributed by atoms with E-state index in [-0.39, 0.29) is 0 Å². The van der Waals surface area contributed by atoms with Gasteiger partial charge in [-0.1, -0.05) is 24.4 Å². The monoisotopic (exact) mass is 228 g/mol. The van der Waals surface area contributed by atoms with E-state index in [4.69, 9.17) is 11.6 Å². The van der Waals surface area contributed by atoms with Crippen molar-refractivity contribution in [1.82, 2.24) is 9.97 Å². The summed E-state index contributed by atoms with van der Waals surface area (Å²) in [6.45, 7) is 1.88. The molecule has 1 aromatic rings. The van der Waals surface area contributed by atoms with Gasteiger partial charge in [0.25, 0.3) is 0 Å². The molecule has 0 aromatic carbocycles. The summed E-state index contributed by atoms with van der Waals surface area (Å²) >= 11 is 7.72. The molecule has 1 heterocycles. The van der Waals surface area contributed by atoms with Crippen molar-refractivity contribution in [1.29, 1.82) is 0 Å². The van der Waals surface area contributed by atoms with Gasteiger partial charge in [0.15, 0.2) is 0 Å². The minimum absolute atomic E-state index is 0.554. The second kappa shape index (κ2) is 4.49. The van der Waals surface area contributed by atoms with Crippen LogP contribution in [0.4, 0.5) is 0 Å². The molecule has 0 aliphatic heterocycles. The number of halogens is 1. The van der Waals surface area contributed by atoms with E-state index in [1.165, 1.54) is 25.7 Å². The third-order valence-electron chi connectivity index (χ3n) is 2.37. The van der Waals surface area contributed by atoms with E-state index in [0.29, 0.717) is 5.15 Å². The zero-order valence-corrected chi connectivity index (χ0v) is 9.74. The Morgan fingerprint density at radius 3 is 2.71 bits per heavy atom. The average molecular weight is 229 g/mol. The lowest BCUT2D eigenvalue weighted by molar-refractivity contribution is 0.886. The van der Waals surface area contributed by atoms with E-state index in [9.17, 15) is 0 Å². The van der Waals surface area contributed by atoms with E-state index in [2.05, 4.69) is 9.97 Å². The molecule has 0 spiro atoms. The Bertz CT molecular complexity index is 304. The molecule has 1 aliphatic carbocycles. The average Bonchev–Trinajstić information content (AvgIpc) is 2.54. The molecule has 0 amide bonds. The molecule has 4 heteroatoms. The first kappa shape index (κ1) is 10.2. The molecule has 0 atom stereocenters. The summed E-state index contributed by atoms with van der Waals surface area (Å²) < 4.78 is 0. The zero-order valence-electron chi connectivity index (χ0n) is 8.16. The van der Waals surface area contributed by atoms with Crippen LogP contribution in [0.3, 0.4) is 0 Å². The van der Waals surface area contributed by atoms with Crippen molar-refractivity contribution in [2.75, 3.05) is 0 Å². The van der Waals surface area contributed by atoms with Crippen molar-refractivity contribution in [3.8, 4) is 0 Å². The van der Waals surface area contributed by atoms with Gasteiger partial charge in [-0.05, 0) is 19.8 Å². The second-order valence-electron chi connectivity index (χ2n) is 3.60. The minimum atomic E-state index is 0.554. The maximum absolute atomic E-state index is 5.87.